The summed E-state index contributed by atoms with van der Waals surface area (Å²) in [6.45, 7) is 5.33. The van der Waals surface area contributed by atoms with Gasteiger partial charge in [-0.25, -0.2) is 14.8 Å². The molecule has 0 fully saturated rings. The molecule has 0 amide bonds. The average molecular weight is 272 g/mol. The zero-order valence-electron chi connectivity index (χ0n) is 11.9. The first-order chi connectivity index (χ1) is 9.43. The number of ether oxygens (including phenoxy) is 1. The second-order valence-corrected chi connectivity index (χ2v) is 4.57. The summed E-state index contributed by atoms with van der Waals surface area (Å²) in [6.07, 6.45) is 0. The normalized spacial score (nSPS) is 10.4. The Morgan fingerprint density at radius 1 is 1.20 bits per heavy atom. The van der Waals surface area contributed by atoms with Gasteiger partial charge >= 0.3 is 5.97 Å². The molecule has 1 aromatic heterocycles. The quantitative estimate of drug-likeness (QED) is 0.930. The summed E-state index contributed by atoms with van der Waals surface area (Å²) in [4.78, 5) is 19.8. The summed E-state index contributed by atoms with van der Waals surface area (Å²) in [7, 11) is 1.60. The number of aromatic carboxylic acids is 1. The van der Waals surface area contributed by atoms with Crippen LogP contribution >= 0.6 is 0 Å². The summed E-state index contributed by atoms with van der Waals surface area (Å²) >= 11 is 0. The van der Waals surface area contributed by atoms with Gasteiger partial charge < -0.3 is 9.84 Å². The van der Waals surface area contributed by atoms with Gasteiger partial charge in [-0.05, 0) is 44.5 Å². The molecular formula is C15H16N2O3. The van der Waals surface area contributed by atoms with Crippen LogP contribution in [0.2, 0.25) is 0 Å². The number of rotatable bonds is 3. The van der Waals surface area contributed by atoms with Gasteiger partial charge in [0, 0.05) is 5.56 Å². The van der Waals surface area contributed by atoms with Gasteiger partial charge in [0.05, 0.1) is 18.5 Å². The van der Waals surface area contributed by atoms with Crippen LogP contribution in [0.3, 0.4) is 0 Å². The standard InChI is InChI=1S/C15H16N2O3/c1-8-7-11(5-6-12(8)20-4)14-13(15(18)19)9(2)16-10(3)17-14/h5-7H,1-4H3,(H,18,19). The Balaban J connectivity index is 2.68. The van der Waals surface area contributed by atoms with E-state index < -0.39 is 5.97 Å². The SMILES string of the molecule is COc1ccc(-c2nc(C)nc(C)c2C(=O)O)cc1C. The van der Waals surface area contributed by atoms with Crippen molar-refractivity contribution < 1.29 is 14.6 Å². The first-order valence-electron chi connectivity index (χ1n) is 6.17. The number of hydrogen-bond acceptors (Lipinski definition) is 4. The fraction of sp³-hybridized carbons (Fsp3) is 0.267. The molecule has 0 unspecified atom stereocenters. The van der Waals surface area contributed by atoms with Gasteiger partial charge in [-0.1, -0.05) is 0 Å². The molecule has 0 aliphatic rings. The zero-order valence-corrected chi connectivity index (χ0v) is 11.9. The molecule has 5 nitrogen and oxygen atoms in total. The number of aryl methyl sites for hydroxylation is 3. The Morgan fingerprint density at radius 3 is 2.45 bits per heavy atom. The van der Waals surface area contributed by atoms with Crippen molar-refractivity contribution in [3.05, 3.63) is 40.8 Å². The molecule has 0 bridgehead atoms. The molecule has 1 N–H and O–H groups in total. The maximum atomic E-state index is 11.4. The number of carboxylic acid groups (broad SMARTS) is 1. The van der Waals surface area contributed by atoms with E-state index in [1.165, 1.54) is 0 Å². The van der Waals surface area contributed by atoms with Gasteiger partial charge in [-0.2, -0.15) is 0 Å². The van der Waals surface area contributed by atoms with Crippen molar-refractivity contribution in [3.8, 4) is 17.0 Å². The number of aromatic nitrogens is 2. The topological polar surface area (TPSA) is 72.3 Å². The van der Waals surface area contributed by atoms with Gasteiger partial charge in [0.15, 0.2) is 0 Å². The van der Waals surface area contributed by atoms with E-state index in [-0.39, 0.29) is 5.56 Å². The van der Waals surface area contributed by atoms with E-state index in [9.17, 15) is 9.90 Å². The van der Waals surface area contributed by atoms with Crippen LogP contribution in [0.25, 0.3) is 11.3 Å². The fourth-order valence-corrected chi connectivity index (χ4v) is 2.20. The third-order valence-electron chi connectivity index (χ3n) is 3.08. The molecule has 0 aliphatic carbocycles. The van der Waals surface area contributed by atoms with Gasteiger partial charge in [0.25, 0.3) is 0 Å². The van der Waals surface area contributed by atoms with Crippen LogP contribution in [0.5, 0.6) is 5.75 Å². The van der Waals surface area contributed by atoms with E-state index >= 15 is 0 Å². The van der Waals surface area contributed by atoms with Crippen LogP contribution in [0, 0.1) is 20.8 Å². The van der Waals surface area contributed by atoms with Gasteiger partial charge in [-0.3, -0.25) is 0 Å². The second-order valence-electron chi connectivity index (χ2n) is 4.57. The Hall–Kier alpha value is -2.43. The van der Waals surface area contributed by atoms with E-state index in [0.29, 0.717) is 17.2 Å². The first-order valence-corrected chi connectivity index (χ1v) is 6.17. The molecule has 20 heavy (non-hydrogen) atoms. The zero-order chi connectivity index (χ0) is 14.9. The highest BCUT2D eigenvalue weighted by Crippen LogP contribution is 2.28. The highest BCUT2D eigenvalue weighted by molar-refractivity contribution is 5.96. The van der Waals surface area contributed by atoms with Crippen molar-refractivity contribution in [3.63, 3.8) is 0 Å². The predicted octanol–water partition coefficient (Wildman–Crippen LogP) is 2.78. The number of benzene rings is 1. The lowest BCUT2D eigenvalue weighted by Crippen LogP contribution is -2.08. The number of carboxylic acids is 1. The lowest BCUT2D eigenvalue weighted by atomic mass is 10.0. The minimum absolute atomic E-state index is 0.139. The highest BCUT2D eigenvalue weighted by Gasteiger charge is 2.18. The van der Waals surface area contributed by atoms with Crippen molar-refractivity contribution in [1.29, 1.82) is 0 Å². The van der Waals surface area contributed by atoms with E-state index in [1.807, 2.05) is 19.1 Å². The van der Waals surface area contributed by atoms with Gasteiger partial charge in [0.2, 0.25) is 0 Å². The molecule has 104 valence electrons. The van der Waals surface area contributed by atoms with Gasteiger partial charge in [-0.15, -0.1) is 0 Å². The maximum Gasteiger partial charge on any atom is 0.339 e. The number of nitrogens with zero attached hydrogens (tertiary/aromatic N) is 2. The fourth-order valence-electron chi connectivity index (χ4n) is 2.20. The van der Waals surface area contributed by atoms with Crippen LogP contribution in [0.4, 0.5) is 0 Å². The third kappa shape index (κ3) is 2.47. The molecule has 0 atom stereocenters. The molecule has 0 aliphatic heterocycles. The summed E-state index contributed by atoms with van der Waals surface area (Å²) in [5.41, 5.74) is 2.71. The summed E-state index contributed by atoms with van der Waals surface area (Å²) in [5.74, 6) is 0.287. The molecule has 1 heterocycles. The predicted molar refractivity (Wildman–Crippen MR) is 75.2 cm³/mol. The molecule has 0 saturated heterocycles. The minimum atomic E-state index is -1.02. The molecule has 2 rings (SSSR count). The third-order valence-corrected chi connectivity index (χ3v) is 3.08. The largest absolute Gasteiger partial charge is 0.496 e. The van der Waals surface area contributed by atoms with Crippen molar-refractivity contribution in [1.82, 2.24) is 9.97 Å². The molecule has 5 heteroatoms. The van der Waals surface area contributed by atoms with E-state index in [1.54, 1.807) is 27.0 Å². The molecule has 0 radical (unpaired) electrons. The highest BCUT2D eigenvalue weighted by atomic mass is 16.5. The first kappa shape index (κ1) is 14.0. The molecule has 0 saturated carbocycles. The van der Waals surface area contributed by atoms with Crippen molar-refractivity contribution >= 4 is 5.97 Å². The Kier molecular flexibility index (Phi) is 3.70. The Labute approximate surface area is 117 Å². The van der Waals surface area contributed by atoms with E-state index in [4.69, 9.17) is 4.74 Å². The molecule has 2 aromatic rings. The monoisotopic (exact) mass is 272 g/mol. The van der Waals surface area contributed by atoms with E-state index in [2.05, 4.69) is 9.97 Å². The van der Waals surface area contributed by atoms with Crippen molar-refractivity contribution in [2.45, 2.75) is 20.8 Å². The second kappa shape index (κ2) is 5.28. The van der Waals surface area contributed by atoms with Crippen LogP contribution in [0.15, 0.2) is 18.2 Å². The van der Waals surface area contributed by atoms with Crippen molar-refractivity contribution in [2.24, 2.45) is 0 Å². The lowest BCUT2D eigenvalue weighted by molar-refractivity contribution is 0.0696. The molecule has 1 aromatic carbocycles. The summed E-state index contributed by atoms with van der Waals surface area (Å²) < 4.78 is 5.21. The smallest absolute Gasteiger partial charge is 0.339 e. The number of hydrogen-bond donors (Lipinski definition) is 1. The maximum absolute atomic E-state index is 11.4. The summed E-state index contributed by atoms with van der Waals surface area (Å²) in [5, 5.41) is 9.36. The van der Waals surface area contributed by atoms with Crippen LogP contribution in [-0.4, -0.2) is 28.2 Å². The molecular weight excluding hydrogens is 256 g/mol. The molecule has 0 spiro atoms. The Bertz CT molecular complexity index is 681. The number of methoxy groups -OCH3 is 1. The van der Waals surface area contributed by atoms with Crippen LogP contribution in [-0.2, 0) is 0 Å². The van der Waals surface area contributed by atoms with Crippen molar-refractivity contribution in [2.75, 3.05) is 7.11 Å². The Morgan fingerprint density at radius 2 is 1.90 bits per heavy atom. The minimum Gasteiger partial charge on any atom is -0.496 e. The van der Waals surface area contributed by atoms with Gasteiger partial charge in [0.1, 0.15) is 17.1 Å². The van der Waals surface area contributed by atoms with E-state index in [0.717, 1.165) is 16.9 Å². The van der Waals surface area contributed by atoms with Crippen LogP contribution < -0.4 is 4.74 Å². The summed E-state index contributed by atoms with van der Waals surface area (Å²) in [6, 6.07) is 5.48. The lowest BCUT2D eigenvalue weighted by Gasteiger charge is -2.11. The average Bonchev–Trinajstić information content (AvgIpc) is 2.37. The van der Waals surface area contributed by atoms with Crippen LogP contribution in [0.1, 0.15) is 27.4 Å². The number of carbonyl (C=O) groups is 1.